The number of carboxylic acids is 3. The van der Waals surface area contributed by atoms with Gasteiger partial charge in [0.2, 0.25) is 0 Å². The fraction of sp³-hybridized carbons (Fsp3) is 0.824. The summed E-state index contributed by atoms with van der Waals surface area (Å²) in [6, 6.07) is 0. The summed E-state index contributed by atoms with van der Waals surface area (Å²) in [6.07, 6.45) is -0.575. The minimum absolute atomic E-state index is 0. The second-order valence-corrected chi connectivity index (χ2v) is 7.12. The first-order valence-corrected chi connectivity index (χ1v) is 9.34. The summed E-state index contributed by atoms with van der Waals surface area (Å²) in [5.41, 5.74) is 0. The Hall–Kier alpha value is -0.530. The van der Waals surface area contributed by atoms with E-state index in [0.29, 0.717) is 58.9 Å². The van der Waals surface area contributed by atoms with E-state index in [4.69, 9.17) is 5.11 Å². The van der Waals surface area contributed by atoms with Gasteiger partial charge >= 0.3 is 43.7 Å². The van der Waals surface area contributed by atoms with Crippen LogP contribution in [-0.4, -0.2) is 170 Å². The number of nitrogens with zero attached hydrogens (tertiary/aromatic N) is 4. The van der Waals surface area contributed by atoms with E-state index in [1.807, 2.05) is 4.90 Å². The molecule has 0 aliphatic carbocycles. The molecule has 1 saturated heterocycles. The molecule has 0 aromatic rings. The van der Waals surface area contributed by atoms with Gasteiger partial charge in [-0.2, -0.15) is 0 Å². The Morgan fingerprint density at radius 1 is 0.759 bits per heavy atom. The maximum atomic E-state index is 11.1. The zero-order chi connectivity index (χ0) is 21.1. The van der Waals surface area contributed by atoms with Crippen LogP contribution in [0.3, 0.4) is 0 Å². The second-order valence-electron chi connectivity index (χ2n) is 7.12. The van der Waals surface area contributed by atoms with Crippen LogP contribution in [0, 0.1) is 0 Å². The van der Waals surface area contributed by atoms with Gasteiger partial charge in [-0.3, -0.25) is 24.4 Å². The number of carbonyl (C=O) groups is 3. The van der Waals surface area contributed by atoms with E-state index >= 15 is 0 Å². The summed E-state index contributed by atoms with van der Waals surface area (Å²) in [7, 11) is 0. The molecule has 1 rings (SSSR count). The topological polar surface area (TPSA) is 151 Å². The summed E-state index contributed by atoms with van der Waals surface area (Å²) in [5, 5.41) is 40.8. The van der Waals surface area contributed by atoms with Crippen LogP contribution < -0.4 is 10.2 Å². The van der Waals surface area contributed by atoms with Crippen molar-refractivity contribution in [2.75, 3.05) is 78.5 Å². The summed E-state index contributed by atoms with van der Waals surface area (Å²) in [6.45, 7) is 4.40. The zero-order valence-corrected chi connectivity index (χ0v) is 19.2. The number of aliphatic carboxylic acids is 3. The average molecular weight is 443 g/mol. The van der Waals surface area contributed by atoms with Crippen molar-refractivity contribution in [2.45, 2.75) is 13.0 Å². The van der Waals surface area contributed by atoms with Crippen molar-refractivity contribution in [3.63, 3.8) is 0 Å². The Labute approximate surface area is 200 Å². The number of β-amino-alcohol motifs (C(OH)–C–C–N with tert-alkyl or cyclic N) is 1. The zero-order valence-electron chi connectivity index (χ0n) is 17.0. The van der Waals surface area contributed by atoms with Crippen LogP contribution in [-0.2, 0) is 14.4 Å². The predicted octanol–water partition coefficient (Wildman–Crippen LogP) is -5.21. The molecule has 0 aromatic heterocycles. The van der Waals surface area contributed by atoms with Crippen LogP contribution in [0.25, 0.3) is 0 Å². The Balaban J connectivity index is 0.00000784. The standard InChI is InChI=1S/C17H32N4O7.Ca/c1-14(22)10-18-2-4-19(11-15(23)24)6-8-21(13-17(27)28)9-7-20(5-3-18)12-16(25)26;/h14,22H,2-13H2,1H3,(H,23,24)(H,25,26)(H,27,28);/q;+2/p-2. The summed E-state index contributed by atoms with van der Waals surface area (Å²) in [4.78, 5) is 40.1. The first-order chi connectivity index (χ1) is 13.2. The molecule has 0 radical (unpaired) electrons. The van der Waals surface area contributed by atoms with Gasteiger partial charge in [0, 0.05) is 72.0 Å². The van der Waals surface area contributed by atoms with E-state index in [-0.39, 0.29) is 57.4 Å². The van der Waals surface area contributed by atoms with Crippen LogP contribution in [0.4, 0.5) is 0 Å². The third-order valence-corrected chi connectivity index (χ3v) is 4.52. The van der Waals surface area contributed by atoms with Crippen molar-refractivity contribution in [1.82, 2.24) is 19.6 Å². The van der Waals surface area contributed by atoms with E-state index in [1.165, 1.54) is 0 Å². The normalized spacial score (nSPS) is 20.1. The van der Waals surface area contributed by atoms with Gasteiger partial charge in [0.05, 0.1) is 24.6 Å². The maximum Gasteiger partial charge on any atom is 2.00 e. The Morgan fingerprint density at radius 3 is 1.34 bits per heavy atom. The van der Waals surface area contributed by atoms with Gasteiger partial charge in [-0.15, -0.1) is 0 Å². The number of hydrogen-bond donors (Lipinski definition) is 2. The fourth-order valence-corrected chi connectivity index (χ4v) is 3.17. The number of hydrogen-bond acceptors (Lipinski definition) is 10. The number of aliphatic hydroxyl groups excluding tert-OH is 1. The van der Waals surface area contributed by atoms with Crippen molar-refractivity contribution in [3.8, 4) is 0 Å². The molecule has 1 aliphatic rings. The molecule has 0 amide bonds. The van der Waals surface area contributed by atoms with E-state index in [1.54, 1.807) is 21.6 Å². The number of rotatable bonds is 8. The molecule has 2 N–H and O–H groups in total. The molecular formula is C17H30CaN4O7. The first-order valence-electron chi connectivity index (χ1n) is 9.34. The molecule has 29 heavy (non-hydrogen) atoms. The van der Waals surface area contributed by atoms with Crippen molar-refractivity contribution < 1.29 is 34.8 Å². The molecule has 0 saturated carbocycles. The molecule has 0 bridgehead atoms. The van der Waals surface area contributed by atoms with Crippen LogP contribution in [0.1, 0.15) is 6.92 Å². The summed E-state index contributed by atoms with van der Waals surface area (Å²) in [5.74, 6) is -3.43. The van der Waals surface area contributed by atoms with Gasteiger partial charge < -0.3 is 30.0 Å². The minimum atomic E-state index is -1.24. The smallest absolute Gasteiger partial charge is 0.549 e. The predicted molar refractivity (Wildman–Crippen MR) is 101 cm³/mol. The van der Waals surface area contributed by atoms with Crippen LogP contribution in [0.5, 0.6) is 0 Å². The maximum absolute atomic E-state index is 11.1. The number of carboxylic acid groups (broad SMARTS) is 3. The third-order valence-electron chi connectivity index (χ3n) is 4.52. The quantitative estimate of drug-likeness (QED) is 0.347. The van der Waals surface area contributed by atoms with Gasteiger partial charge in [-0.25, -0.2) is 0 Å². The molecular weight excluding hydrogens is 412 g/mol. The van der Waals surface area contributed by atoms with E-state index in [9.17, 15) is 29.7 Å². The van der Waals surface area contributed by atoms with E-state index in [2.05, 4.69) is 0 Å². The molecule has 0 spiro atoms. The monoisotopic (exact) mass is 442 g/mol. The van der Waals surface area contributed by atoms with Crippen molar-refractivity contribution in [1.29, 1.82) is 0 Å². The SMILES string of the molecule is CC(O)CN1CCN(CC(=O)[O-])CCN(CC(=O)[O-])CCN(CC(=O)O)CC1.[Ca+2]. The molecule has 1 fully saturated rings. The third kappa shape index (κ3) is 14.2. The Bertz CT molecular complexity index is 492. The van der Waals surface area contributed by atoms with Crippen LogP contribution in [0.15, 0.2) is 0 Å². The summed E-state index contributed by atoms with van der Waals surface area (Å²) < 4.78 is 0. The van der Waals surface area contributed by atoms with Crippen molar-refractivity contribution >= 4 is 55.6 Å². The second kappa shape index (κ2) is 15.3. The van der Waals surface area contributed by atoms with Gasteiger partial charge in [0.25, 0.3) is 0 Å². The molecule has 12 heteroatoms. The molecule has 1 heterocycles. The van der Waals surface area contributed by atoms with Crippen molar-refractivity contribution in [3.05, 3.63) is 0 Å². The number of carbonyl (C=O) groups excluding carboxylic acids is 2. The number of aliphatic hydroxyl groups is 1. The van der Waals surface area contributed by atoms with Gasteiger partial charge in [-0.05, 0) is 6.92 Å². The van der Waals surface area contributed by atoms with Crippen LogP contribution in [0.2, 0.25) is 0 Å². The van der Waals surface area contributed by atoms with E-state index < -0.39 is 24.0 Å². The average Bonchev–Trinajstić information content (AvgIpc) is 2.55. The molecule has 1 aliphatic heterocycles. The van der Waals surface area contributed by atoms with Gasteiger partial charge in [0.1, 0.15) is 0 Å². The van der Waals surface area contributed by atoms with Gasteiger partial charge in [-0.1, -0.05) is 0 Å². The molecule has 1 atom stereocenters. The van der Waals surface area contributed by atoms with Gasteiger partial charge in [0.15, 0.2) is 0 Å². The minimum Gasteiger partial charge on any atom is -0.549 e. The fourth-order valence-electron chi connectivity index (χ4n) is 3.17. The first kappa shape index (κ1) is 28.5. The Kier molecular flexibility index (Phi) is 15.0. The molecule has 0 aromatic carbocycles. The largest absolute Gasteiger partial charge is 2.00 e. The van der Waals surface area contributed by atoms with Crippen molar-refractivity contribution in [2.24, 2.45) is 0 Å². The van der Waals surface area contributed by atoms with E-state index in [0.717, 1.165) is 0 Å². The Morgan fingerprint density at radius 2 is 1.07 bits per heavy atom. The summed E-state index contributed by atoms with van der Waals surface area (Å²) >= 11 is 0. The molecule has 11 nitrogen and oxygen atoms in total. The van der Waals surface area contributed by atoms with Crippen LogP contribution >= 0.6 is 0 Å². The molecule has 1 unspecified atom stereocenters. The molecule has 162 valence electrons.